The number of benzene rings is 1. The zero-order valence-corrected chi connectivity index (χ0v) is 7.64. The van der Waals surface area contributed by atoms with Crippen LogP contribution in [0.4, 0.5) is 4.39 Å². The summed E-state index contributed by atoms with van der Waals surface area (Å²) in [6.07, 6.45) is 1.53. The molecule has 66 valence electrons. The Morgan fingerprint density at radius 1 is 1.38 bits per heavy atom. The second-order valence-electron chi connectivity index (χ2n) is 2.77. The van der Waals surface area contributed by atoms with Crippen molar-refractivity contribution in [1.29, 1.82) is 0 Å². The Balaban J connectivity index is 2.92. The number of rotatable bonds is 0. The van der Waals surface area contributed by atoms with Crippen molar-refractivity contribution in [3.05, 3.63) is 35.0 Å². The molecule has 4 heteroatoms. The molecule has 0 fully saturated rings. The number of hydrogen-bond acceptors (Lipinski definition) is 2. The van der Waals surface area contributed by atoms with Gasteiger partial charge < -0.3 is 0 Å². The standard InChI is InChI=1S/C9H6ClFN2/c1-5-2-3-7(11)8-6(5)4-12-9(10)13-8/h2-4H,1H3. The van der Waals surface area contributed by atoms with Gasteiger partial charge >= 0.3 is 0 Å². The van der Waals surface area contributed by atoms with E-state index in [2.05, 4.69) is 9.97 Å². The number of aromatic nitrogens is 2. The zero-order valence-electron chi connectivity index (χ0n) is 6.88. The van der Waals surface area contributed by atoms with Crippen LogP contribution in [0.5, 0.6) is 0 Å². The van der Waals surface area contributed by atoms with E-state index in [9.17, 15) is 4.39 Å². The first-order valence-electron chi connectivity index (χ1n) is 3.76. The Morgan fingerprint density at radius 2 is 2.15 bits per heavy atom. The van der Waals surface area contributed by atoms with Gasteiger partial charge in [-0.15, -0.1) is 0 Å². The van der Waals surface area contributed by atoms with Crippen LogP contribution in [0.1, 0.15) is 5.56 Å². The first kappa shape index (κ1) is 8.38. The smallest absolute Gasteiger partial charge is 0.223 e. The molecule has 0 unspecified atom stereocenters. The fourth-order valence-corrected chi connectivity index (χ4v) is 1.33. The fraction of sp³-hybridized carbons (Fsp3) is 0.111. The minimum absolute atomic E-state index is 0.0667. The van der Waals surface area contributed by atoms with E-state index in [1.54, 1.807) is 6.07 Å². The summed E-state index contributed by atoms with van der Waals surface area (Å²) in [5, 5.41) is 0.765. The third-order valence-corrected chi connectivity index (χ3v) is 2.07. The van der Waals surface area contributed by atoms with Gasteiger partial charge in [0.05, 0.1) is 0 Å². The maximum atomic E-state index is 13.2. The SMILES string of the molecule is Cc1ccc(F)c2nc(Cl)ncc12. The van der Waals surface area contributed by atoms with Crippen LogP contribution in [0.2, 0.25) is 5.28 Å². The second kappa shape index (κ2) is 2.92. The summed E-state index contributed by atoms with van der Waals surface area (Å²) >= 11 is 5.55. The van der Waals surface area contributed by atoms with E-state index >= 15 is 0 Å². The van der Waals surface area contributed by atoms with Crippen molar-refractivity contribution >= 4 is 22.5 Å². The van der Waals surface area contributed by atoms with Gasteiger partial charge in [0.15, 0.2) is 0 Å². The summed E-state index contributed by atoms with van der Waals surface area (Å²) in [7, 11) is 0. The van der Waals surface area contributed by atoms with E-state index in [1.165, 1.54) is 12.3 Å². The van der Waals surface area contributed by atoms with Crippen molar-refractivity contribution < 1.29 is 4.39 Å². The number of aryl methyl sites for hydroxylation is 1. The van der Waals surface area contributed by atoms with Gasteiger partial charge in [0, 0.05) is 11.6 Å². The summed E-state index contributed by atoms with van der Waals surface area (Å²) in [5.74, 6) is -0.370. The minimum Gasteiger partial charge on any atom is -0.226 e. The van der Waals surface area contributed by atoms with Gasteiger partial charge in [-0.2, -0.15) is 0 Å². The van der Waals surface area contributed by atoms with E-state index in [0.29, 0.717) is 5.39 Å². The van der Waals surface area contributed by atoms with Gasteiger partial charge in [-0.05, 0) is 30.2 Å². The molecule has 1 aromatic heterocycles. The monoisotopic (exact) mass is 196 g/mol. The molecule has 0 saturated carbocycles. The van der Waals surface area contributed by atoms with E-state index in [1.807, 2.05) is 6.92 Å². The maximum Gasteiger partial charge on any atom is 0.223 e. The van der Waals surface area contributed by atoms with Crippen LogP contribution < -0.4 is 0 Å². The van der Waals surface area contributed by atoms with Gasteiger partial charge in [0.2, 0.25) is 5.28 Å². The van der Waals surface area contributed by atoms with Crippen molar-refractivity contribution in [3.8, 4) is 0 Å². The average molecular weight is 197 g/mol. The number of hydrogen-bond donors (Lipinski definition) is 0. The van der Waals surface area contributed by atoms with Crippen molar-refractivity contribution in [2.75, 3.05) is 0 Å². The highest BCUT2D eigenvalue weighted by Gasteiger charge is 2.05. The lowest BCUT2D eigenvalue weighted by molar-refractivity contribution is 0.636. The summed E-state index contributed by atoms with van der Waals surface area (Å²) < 4.78 is 13.2. The van der Waals surface area contributed by atoms with Crippen molar-refractivity contribution in [3.63, 3.8) is 0 Å². The predicted octanol–water partition coefficient (Wildman–Crippen LogP) is 2.73. The molecule has 0 aliphatic carbocycles. The van der Waals surface area contributed by atoms with Crippen molar-refractivity contribution in [2.24, 2.45) is 0 Å². The van der Waals surface area contributed by atoms with Crippen LogP contribution >= 0.6 is 11.6 Å². The quantitative estimate of drug-likeness (QED) is 0.606. The molecular weight excluding hydrogens is 191 g/mol. The molecule has 13 heavy (non-hydrogen) atoms. The molecule has 2 aromatic rings. The molecule has 0 atom stereocenters. The molecule has 0 spiro atoms. The van der Waals surface area contributed by atoms with E-state index in [0.717, 1.165) is 5.56 Å². The van der Waals surface area contributed by atoms with Crippen molar-refractivity contribution in [1.82, 2.24) is 9.97 Å². The number of nitrogens with zero attached hydrogens (tertiary/aromatic N) is 2. The Bertz CT molecular complexity index is 470. The third kappa shape index (κ3) is 1.35. The Kier molecular flexibility index (Phi) is 1.88. The molecule has 0 radical (unpaired) electrons. The molecule has 0 aliphatic rings. The van der Waals surface area contributed by atoms with E-state index in [-0.39, 0.29) is 16.6 Å². The lowest BCUT2D eigenvalue weighted by Crippen LogP contribution is -1.89. The van der Waals surface area contributed by atoms with Gasteiger partial charge in [0.1, 0.15) is 11.3 Å². The molecule has 0 bridgehead atoms. The van der Waals surface area contributed by atoms with Crippen LogP contribution in [0.3, 0.4) is 0 Å². The largest absolute Gasteiger partial charge is 0.226 e. The van der Waals surface area contributed by atoms with Gasteiger partial charge in [-0.1, -0.05) is 6.07 Å². The molecular formula is C9H6ClFN2. The van der Waals surface area contributed by atoms with Crippen molar-refractivity contribution in [2.45, 2.75) is 6.92 Å². The molecule has 0 N–H and O–H groups in total. The van der Waals surface area contributed by atoms with Crippen LogP contribution in [0.15, 0.2) is 18.3 Å². The predicted molar refractivity (Wildman–Crippen MR) is 49.2 cm³/mol. The Hall–Kier alpha value is -1.22. The molecule has 0 aliphatic heterocycles. The molecule has 2 nitrogen and oxygen atoms in total. The summed E-state index contributed by atoms with van der Waals surface area (Å²) in [6, 6.07) is 3.07. The molecule has 2 rings (SSSR count). The second-order valence-corrected chi connectivity index (χ2v) is 3.10. The Labute approximate surface area is 79.4 Å². The highest BCUT2D eigenvalue weighted by molar-refractivity contribution is 6.28. The zero-order chi connectivity index (χ0) is 9.42. The number of fused-ring (bicyclic) bond motifs is 1. The van der Waals surface area contributed by atoms with Crippen LogP contribution in [0.25, 0.3) is 10.9 Å². The summed E-state index contributed by atoms with van der Waals surface area (Å²) in [6.45, 7) is 1.87. The van der Waals surface area contributed by atoms with Crippen LogP contribution in [-0.4, -0.2) is 9.97 Å². The van der Waals surface area contributed by atoms with E-state index in [4.69, 9.17) is 11.6 Å². The number of halogens is 2. The van der Waals surface area contributed by atoms with Gasteiger partial charge in [-0.25, -0.2) is 14.4 Å². The molecule has 1 aromatic carbocycles. The molecule has 0 amide bonds. The van der Waals surface area contributed by atoms with Crippen LogP contribution in [-0.2, 0) is 0 Å². The maximum absolute atomic E-state index is 13.2. The first-order chi connectivity index (χ1) is 6.18. The lowest BCUT2D eigenvalue weighted by atomic mass is 10.1. The fourth-order valence-electron chi connectivity index (χ4n) is 1.20. The van der Waals surface area contributed by atoms with E-state index < -0.39 is 0 Å². The lowest BCUT2D eigenvalue weighted by Gasteiger charge is -2.01. The highest BCUT2D eigenvalue weighted by Crippen LogP contribution is 2.19. The normalized spacial score (nSPS) is 10.7. The third-order valence-electron chi connectivity index (χ3n) is 1.89. The minimum atomic E-state index is -0.370. The summed E-state index contributed by atoms with van der Waals surface area (Å²) in [5.41, 5.74) is 1.22. The van der Waals surface area contributed by atoms with Gasteiger partial charge in [-0.3, -0.25) is 0 Å². The van der Waals surface area contributed by atoms with Gasteiger partial charge in [0.25, 0.3) is 0 Å². The molecule has 1 heterocycles. The topological polar surface area (TPSA) is 25.8 Å². The van der Waals surface area contributed by atoms with Crippen LogP contribution in [0, 0.1) is 12.7 Å². The Morgan fingerprint density at radius 3 is 2.92 bits per heavy atom. The first-order valence-corrected chi connectivity index (χ1v) is 4.13. The highest BCUT2D eigenvalue weighted by atomic mass is 35.5. The molecule has 0 saturated heterocycles. The summed E-state index contributed by atoms with van der Waals surface area (Å²) in [4.78, 5) is 7.61. The average Bonchev–Trinajstić information content (AvgIpc) is 2.12.